The number of hydrogen-bond donors (Lipinski definition) is 2. The molecule has 0 spiro atoms. The molecule has 112 valence electrons. The molecule has 0 bridgehead atoms. The van der Waals surface area contributed by atoms with Crippen LogP contribution in [0, 0.1) is 5.92 Å². The SMILES string of the molecule is CC(C)Cn1cc(CNCc2ccc(C(=O)O)cc2)cn1. The van der Waals surface area contributed by atoms with Gasteiger partial charge in [-0.25, -0.2) is 4.79 Å². The van der Waals surface area contributed by atoms with E-state index < -0.39 is 5.97 Å². The number of nitrogens with zero attached hydrogens (tertiary/aromatic N) is 2. The largest absolute Gasteiger partial charge is 0.478 e. The van der Waals surface area contributed by atoms with Crippen LogP contribution in [0.5, 0.6) is 0 Å². The molecule has 0 aliphatic carbocycles. The number of carboxylic acid groups (broad SMARTS) is 1. The lowest BCUT2D eigenvalue weighted by Crippen LogP contribution is -2.12. The molecular weight excluding hydrogens is 266 g/mol. The number of aromatic nitrogens is 2. The smallest absolute Gasteiger partial charge is 0.335 e. The third-order valence-corrected chi connectivity index (χ3v) is 3.10. The van der Waals surface area contributed by atoms with Gasteiger partial charge < -0.3 is 10.4 Å². The second kappa shape index (κ2) is 7.04. The first-order chi connectivity index (χ1) is 10.0. The van der Waals surface area contributed by atoms with Gasteiger partial charge in [0.2, 0.25) is 0 Å². The summed E-state index contributed by atoms with van der Waals surface area (Å²) in [6, 6.07) is 6.91. The number of aromatic carboxylic acids is 1. The van der Waals surface area contributed by atoms with Crippen LogP contribution in [-0.2, 0) is 19.6 Å². The van der Waals surface area contributed by atoms with Gasteiger partial charge in [-0.15, -0.1) is 0 Å². The Morgan fingerprint density at radius 2 is 1.90 bits per heavy atom. The van der Waals surface area contributed by atoms with Crippen molar-refractivity contribution in [3.05, 3.63) is 53.3 Å². The Labute approximate surface area is 124 Å². The average Bonchev–Trinajstić information content (AvgIpc) is 2.86. The van der Waals surface area contributed by atoms with E-state index in [1.807, 2.05) is 23.0 Å². The van der Waals surface area contributed by atoms with Gasteiger partial charge in [0.15, 0.2) is 0 Å². The number of nitrogens with one attached hydrogen (secondary N) is 1. The fraction of sp³-hybridized carbons (Fsp3) is 0.375. The zero-order valence-electron chi connectivity index (χ0n) is 12.4. The van der Waals surface area contributed by atoms with E-state index in [0.717, 1.165) is 24.2 Å². The topological polar surface area (TPSA) is 67.2 Å². The molecule has 2 N–H and O–H groups in total. The molecule has 21 heavy (non-hydrogen) atoms. The third-order valence-electron chi connectivity index (χ3n) is 3.10. The van der Waals surface area contributed by atoms with Crippen LogP contribution in [0.15, 0.2) is 36.7 Å². The van der Waals surface area contributed by atoms with E-state index in [2.05, 4.69) is 30.5 Å². The van der Waals surface area contributed by atoms with Crippen LogP contribution < -0.4 is 5.32 Å². The summed E-state index contributed by atoms with van der Waals surface area (Å²) in [4.78, 5) is 10.8. The van der Waals surface area contributed by atoms with E-state index in [0.29, 0.717) is 18.0 Å². The van der Waals surface area contributed by atoms with Crippen molar-refractivity contribution in [2.45, 2.75) is 33.5 Å². The quantitative estimate of drug-likeness (QED) is 0.821. The van der Waals surface area contributed by atoms with Gasteiger partial charge in [-0.05, 0) is 23.6 Å². The molecule has 0 fully saturated rings. The van der Waals surface area contributed by atoms with E-state index in [1.165, 1.54) is 0 Å². The van der Waals surface area contributed by atoms with Crippen LogP contribution >= 0.6 is 0 Å². The van der Waals surface area contributed by atoms with Crippen molar-refractivity contribution in [1.29, 1.82) is 0 Å². The second-order valence-corrected chi connectivity index (χ2v) is 5.57. The summed E-state index contributed by atoms with van der Waals surface area (Å²) < 4.78 is 1.96. The molecule has 5 nitrogen and oxygen atoms in total. The van der Waals surface area contributed by atoms with Crippen LogP contribution in [0.2, 0.25) is 0 Å². The van der Waals surface area contributed by atoms with E-state index in [1.54, 1.807) is 12.1 Å². The van der Waals surface area contributed by atoms with Gasteiger partial charge in [0.05, 0.1) is 11.8 Å². The summed E-state index contributed by atoms with van der Waals surface area (Å²) >= 11 is 0. The number of hydrogen-bond acceptors (Lipinski definition) is 3. The fourth-order valence-corrected chi connectivity index (χ4v) is 2.09. The molecule has 5 heteroatoms. The van der Waals surface area contributed by atoms with E-state index in [9.17, 15) is 4.79 Å². The summed E-state index contributed by atoms with van der Waals surface area (Å²) in [5.41, 5.74) is 2.53. The molecule has 2 aromatic rings. The van der Waals surface area contributed by atoms with Crippen LogP contribution in [0.3, 0.4) is 0 Å². The lowest BCUT2D eigenvalue weighted by atomic mass is 10.1. The minimum Gasteiger partial charge on any atom is -0.478 e. The molecule has 0 amide bonds. The van der Waals surface area contributed by atoms with Crippen molar-refractivity contribution < 1.29 is 9.90 Å². The molecule has 2 rings (SSSR count). The fourth-order valence-electron chi connectivity index (χ4n) is 2.09. The minimum absolute atomic E-state index is 0.314. The average molecular weight is 287 g/mol. The monoisotopic (exact) mass is 287 g/mol. The number of carboxylic acids is 1. The lowest BCUT2D eigenvalue weighted by Gasteiger charge is -2.05. The highest BCUT2D eigenvalue weighted by Crippen LogP contribution is 2.05. The van der Waals surface area contributed by atoms with Crippen molar-refractivity contribution in [2.24, 2.45) is 5.92 Å². The van der Waals surface area contributed by atoms with Gasteiger partial charge in [-0.2, -0.15) is 5.10 Å². The summed E-state index contributed by atoms with van der Waals surface area (Å²) in [5, 5.41) is 16.5. The molecule has 0 unspecified atom stereocenters. The third kappa shape index (κ3) is 4.72. The Hall–Kier alpha value is -2.14. The predicted molar refractivity (Wildman–Crippen MR) is 81.0 cm³/mol. The van der Waals surface area contributed by atoms with Gasteiger partial charge in [0, 0.05) is 31.4 Å². The molecule has 1 heterocycles. The first-order valence-corrected chi connectivity index (χ1v) is 7.09. The molecule has 0 aliphatic rings. The summed E-state index contributed by atoms with van der Waals surface area (Å²) in [7, 11) is 0. The Balaban J connectivity index is 1.81. The first-order valence-electron chi connectivity index (χ1n) is 7.09. The minimum atomic E-state index is -0.896. The molecule has 0 atom stereocenters. The predicted octanol–water partition coefficient (Wildman–Crippen LogP) is 2.53. The number of rotatable bonds is 7. The summed E-state index contributed by atoms with van der Waals surface area (Å²) in [5.74, 6) is -0.314. The Kier molecular flexibility index (Phi) is 5.11. The highest BCUT2D eigenvalue weighted by molar-refractivity contribution is 5.87. The second-order valence-electron chi connectivity index (χ2n) is 5.57. The van der Waals surface area contributed by atoms with Crippen molar-refractivity contribution in [1.82, 2.24) is 15.1 Å². The van der Waals surface area contributed by atoms with Gasteiger partial charge in [0.25, 0.3) is 0 Å². The summed E-state index contributed by atoms with van der Waals surface area (Å²) in [6.45, 7) is 6.71. The molecule has 0 saturated heterocycles. The molecule has 0 aliphatic heterocycles. The highest BCUT2D eigenvalue weighted by atomic mass is 16.4. The van der Waals surface area contributed by atoms with Gasteiger partial charge in [-0.1, -0.05) is 26.0 Å². The Bertz CT molecular complexity index is 588. The molecule has 0 saturated carbocycles. The zero-order valence-corrected chi connectivity index (χ0v) is 12.4. The maximum Gasteiger partial charge on any atom is 0.335 e. The molecule has 1 aromatic heterocycles. The normalized spacial score (nSPS) is 11.0. The van der Waals surface area contributed by atoms with Crippen molar-refractivity contribution in [3.63, 3.8) is 0 Å². The van der Waals surface area contributed by atoms with Crippen LogP contribution in [0.1, 0.15) is 35.3 Å². The van der Waals surface area contributed by atoms with Crippen molar-refractivity contribution >= 4 is 5.97 Å². The highest BCUT2D eigenvalue weighted by Gasteiger charge is 2.03. The Morgan fingerprint density at radius 1 is 1.24 bits per heavy atom. The van der Waals surface area contributed by atoms with E-state index >= 15 is 0 Å². The summed E-state index contributed by atoms with van der Waals surface area (Å²) in [6.07, 6.45) is 3.93. The standard InChI is InChI=1S/C16H21N3O2/c1-12(2)10-19-11-14(9-18-19)8-17-7-13-3-5-15(6-4-13)16(20)21/h3-6,9,11-12,17H,7-8,10H2,1-2H3,(H,20,21). The number of benzene rings is 1. The molecule has 1 aromatic carbocycles. The van der Waals surface area contributed by atoms with Crippen molar-refractivity contribution in [2.75, 3.05) is 0 Å². The van der Waals surface area contributed by atoms with Crippen LogP contribution in [0.4, 0.5) is 0 Å². The zero-order chi connectivity index (χ0) is 15.2. The maximum atomic E-state index is 10.8. The van der Waals surface area contributed by atoms with Gasteiger partial charge in [-0.3, -0.25) is 4.68 Å². The van der Waals surface area contributed by atoms with Gasteiger partial charge in [0.1, 0.15) is 0 Å². The molecule has 0 radical (unpaired) electrons. The van der Waals surface area contributed by atoms with Crippen LogP contribution in [0.25, 0.3) is 0 Å². The first kappa shape index (κ1) is 15.3. The van der Waals surface area contributed by atoms with Crippen LogP contribution in [-0.4, -0.2) is 20.9 Å². The Morgan fingerprint density at radius 3 is 2.52 bits per heavy atom. The van der Waals surface area contributed by atoms with E-state index in [4.69, 9.17) is 5.11 Å². The van der Waals surface area contributed by atoms with Gasteiger partial charge >= 0.3 is 5.97 Å². The molecular formula is C16H21N3O2. The number of carbonyl (C=O) groups is 1. The maximum absolute atomic E-state index is 10.8. The van der Waals surface area contributed by atoms with E-state index in [-0.39, 0.29) is 0 Å². The lowest BCUT2D eigenvalue weighted by molar-refractivity contribution is 0.0697. The van der Waals surface area contributed by atoms with Crippen molar-refractivity contribution in [3.8, 4) is 0 Å².